The maximum absolute atomic E-state index is 13.2. The minimum atomic E-state index is -0.0135. The summed E-state index contributed by atoms with van der Waals surface area (Å²) in [5.41, 5.74) is 3.97. The summed E-state index contributed by atoms with van der Waals surface area (Å²) in [7, 11) is 3.18. The number of aromatic nitrogens is 2. The number of amides is 1. The van der Waals surface area contributed by atoms with Crippen molar-refractivity contribution in [2.24, 2.45) is 0 Å². The van der Waals surface area contributed by atoms with Gasteiger partial charge in [-0.2, -0.15) is 0 Å². The van der Waals surface area contributed by atoms with Gasteiger partial charge in [-0.1, -0.05) is 42.5 Å². The number of benzene rings is 3. The lowest BCUT2D eigenvalue weighted by Gasteiger charge is -2.34. The van der Waals surface area contributed by atoms with Crippen LogP contribution < -0.4 is 9.47 Å². The molecule has 1 aliphatic rings. The number of carbonyl (C=O) groups is 1. The largest absolute Gasteiger partial charge is 0.497 e. The van der Waals surface area contributed by atoms with Crippen LogP contribution in [0.2, 0.25) is 0 Å². The van der Waals surface area contributed by atoms with E-state index in [1.165, 1.54) is 5.56 Å². The van der Waals surface area contributed by atoms with E-state index < -0.39 is 0 Å². The fourth-order valence-electron chi connectivity index (χ4n) is 4.64. The van der Waals surface area contributed by atoms with Gasteiger partial charge in [-0.15, -0.1) is 0 Å². The molecule has 0 atom stereocenters. The first-order valence-electron chi connectivity index (χ1n) is 11.9. The molecular weight excluding hydrogens is 440 g/mol. The van der Waals surface area contributed by atoms with Crippen molar-refractivity contribution in [3.8, 4) is 11.5 Å². The lowest BCUT2D eigenvalue weighted by atomic mass is 10.1. The Morgan fingerprint density at radius 2 is 1.60 bits per heavy atom. The molecule has 0 aliphatic carbocycles. The first-order chi connectivity index (χ1) is 17.2. The standard InChI is InChI=1S/C28H30N4O3/c1-34-22-12-13-23(26(18-22)35-2)28(33)31-16-14-30(15-17-31)20-27-29-24-10-6-7-11-25(24)32(27)19-21-8-4-3-5-9-21/h3-13,18H,14-17,19-20H2,1-2H3. The summed E-state index contributed by atoms with van der Waals surface area (Å²) in [4.78, 5) is 22.4. The zero-order valence-electron chi connectivity index (χ0n) is 20.2. The second-order valence-electron chi connectivity index (χ2n) is 8.72. The lowest BCUT2D eigenvalue weighted by molar-refractivity contribution is 0.0621. The SMILES string of the molecule is COc1ccc(C(=O)N2CCN(Cc3nc4ccccc4n3Cc3ccccc3)CC2)c(OC)c1. The second-order valence-corrected chi connectivity index (χ2v) is 8.72. The molecule has 0 radical (unpaired) electrons. The van der Waals surface area contributed by atoms with Crippen molar-refractivity contribution in [3.63, 3.8) is 0 Å². The van der Waals surface area contributed by atoms with Crippen LogP contribution in [0.5, 0.6) is 11.5 Å². The molecule has 2 heterocycles. The highest BCUT2D eigenvalue weighted by atomic mass is 16.5. The van der Waals surface area contributed by atoms with Crippen LogP contribution in [0.25, 0.3) is 11.0 Å². The molecule has 0 spiro atoms. The van der Waals surface area contributed by atoms with Gasteiger partial charge in [-0.25, -0.2) is 4.98 Å². The normalized spacial score (nSPS) is 14.3. The molecule has 0 bridgehead atoms. The molecule has 5 rings (SSSR count). The van der Waals surface area contributed by atoms with E-state index in [1.807, 2.05) is 17.0 Å². The monoisotopic (exact) mass is 470 g/mol. The van der Waals surface area contributed by atoms with Crippen molar-refractivity contribution >= 4 is 16.9 Å². The zero-order chi connectivity index (χ0) is 24.2. The van der Waals surface area contributed by atoms with Gasteiger partial charge < -0.3 is 18.9 Å². The zero-order valence-corrected chi connectivity index (χ0v) is 20.2. The first kappa shape index (κ1) is 22.9. The minimum absolute atomic E-state index is 0.0135. The van der Waals surface area contributed by atoms with Gasteiger partial charge in [-0.3, -0.25) is 9.69 Å². The van der Waals surface area contributed by atoms with Gasteiger partial charge in [0.1, 0.15) is 17.3 Å². The van der Waals surface area contributed by atoms with Crippen LogP contribution in [0.4, 0.5) is 0 Å². The number of ether oxygens (including phenoxy) is 2. The Labute approximate surface area is 205 Å². The first-order valence-corrected chi connectivity index (χ1v) is 11.9. The molecule has 1 saturated heterocycles. The van der Waals surface area contributed by atoms with Crippen LogP contribution in [0, 0.1) is 0 Å². The molecule has 7 heteroatoms. The van der Waals surface area contributed by atoms with E-state index in [4.69, 9.17) is 14.5 Å². The van der Waals surface area contributed by atoms with Crippen molar-refractivity contribution in [1.29, 1.82) is 0 Å². The van der Waals surface area contributed by atoms with E-state index in [2.05, 4.69) is 51.9 Å². The summed E-state index contributed by atoms with van der Waals surface area (Å²) >= 11 is 0. The second kappa shape index (κ2) is 10.2. The van der Waals surface area contributed by atoms with Crippen LogP contribution in [-0.2, 0) is 13.1 Å². The Balaban J connectivity index is 1.29. The van der Waals surface area contributed by atoms with Gasteiger partial charge in [0.2, 0.25) is 0 Å². The fourth-order valence-corrected chi connectivity index (χ4v) is 4.64. The van der Waals surface area contributed by atoms with E-state index in [9.17, 15) is 4.79 Å². The van der Waals surface area contributed by atoms with E-state index in [-0.39, 0.29) is 5.91 Å². The predicted molar refractivity (Wildman–Crippen MR) is 136 cm³/mol. The van der Waals surface area contributed by atoms with Crippen LogP contribution in [0.1, 0.15) is 21.7 Å². The van der Waals surface area contributed by atoms with Gasteiger partial charge in [0.05, 0.1) is 37.4 Å². The molecule has 3 aromatic carbocycles. The molecule has 0 saturated carbocycles. The summed E-state index contributed by atoms with van der Waals surface area (Å²) in [6.07, 6.45) is 0. The number of hydrogen-bond acceptors (Lipinski definition) is 5. The smallest absolute Gasteiger partial charge is 0.257 e. The van der Waals surface area contributed by atoms with Gasteiger partial charge >= 0.3 is 0 Å². The van der Waals surface area contributed by atoms with Gasteiger partial charge in [0, 0.05) is 38.8 Å². The average molecular weight is 471 g/mol. The molecule has 1 amide bonds. The van der Waals surface area contributed by atoms with E-state index in [0.29, 0.717) is 30.2 Å². The number of methoxy groups -OCH3 is 2. The van der Waals surface area contributed by atoms with Crippen molar-refractivity contribution in [3.05, 3.63) is 89.7 Å². The molecule has 4 aromatic rings. The Bertz CT molecular complexity index is 1310. The summed E-state index contributed by atoms with van der Waals surface area (Å²) in [6, 6.07) is 24.1. The van der Waals surface area contributed by atoms with Crippen molar-refractivity contribution < 1.29 is 14.3 Å². The van der Waals surface area contributed by atoms with Crippen LogP contribution >= 0.6 is 0 Å². The van der Waals surface area contributed by atoms with E-state index in [1.54, 1.807) is 32.4 Å². The molecule has 1 fully saturated rings. The Morgan fingerprint density at radius 1 is 0.857 bits per heavy atom. The Morgan fingerprint density at radius 3 is 2.34 bits per heavy atom. The van der Waals surface area contributed by atoms with Crippen LogP contribution in [-0.4, -0.2) is 65.7 Å². The highest BCUT2D eigenvalue weighted by Crippen LogP contribution is 2.26. The molecule has 1 aromatic heterocycles. The number of piperazine rings is 1. The number of fused-ring (bicyclic) bond motifs is 1. The van der Waals surface area contributed by atoms with Crippen LogP contribution in [0.3, 0.4) is 0 Å². The highest BCUT2D eigenvalue weighted by Gasteiger charge is 2.25. The number of carbonyl (C=O) groups excluding carboxylic acids is 1. The lowest BCUT2D eigenvalue weighted by Crippen LogP contribution is -2.48. The third-order valence-corrected chi connectivity index (χ3v) is 6.58. The quantitative estimate of drug-likeness (QED) is 0.408. The molecule has 1 aliphatic heterocycles. The third-order valence-electron chi connectivity index (χ3n) is 6.58. The summed E-state index contributed by atoms with van der Waals surface area (Å²) in [6.45, 7) is 4.43. The van der Waals surface area contributed by atoms with E-state index in [0.717, 1.165) is 43.0 Å². The third kappa shape index (κ3) is 4.86. The Hall–Kier alpha value is -3.84. The van der Waals surface area contributed by atoms with Crippen molar-refractivity contribution in [2.75, 3.05) is 40.4 Å². The topological polar surface area (TPSA) is 59.8 Å². The number of imidazole rings is 1. The van der Waals surface area contributed by atoms with E-state index >= 15 is 0 Å². The van der Waals surface area contributed by atoms with Crippen LogP contribution in [0.15, 0.2) is 72.8 Å². The maximum Gasteiger partial charge on any atom is 0.257 e. The van der Waals surface area contributed by atoms with Gasteiger partial charge in [0.15, 0.2) is 0 Å². The summed E-state index contributed by atoms with van der Waals surface area (Å²) in [5.74, 6) is 2.24. The Kier molecular flexibility index (Phi) is 6.68. The van der Waals surface area contributed by atoms with Gasteiger partial charge in [-0.05, 0) is 29.8 Å². The predicted octanol–water partition coefficient (Wildman–Crippen LogP) is 4.06. The fraction of sp³-hybridized carbons (Fsp3) is 0.286. The number of nitrogens with zero attached hydrogens (tertiary/aromatic N) is 4. The van der Waals surface area contributed by atoms with Crippen molar-refractivity contribution in [1.82, 2.24) is 19.4 Å². The maximum atomic E-state index is 13.2. The molecular formula is C28H30N4O3. The minimum Gasteiger partial charge on any atom is -0.497 e. The summed E-state index contributed by atoms with van der Waals surface area (Å²) < 4.78 is 13.0. The number of para-hydroxylation sites is 2. The molecule has 35 heavy (non-hydrogen) atoms. The van der Waals surface area contributed by atoms with Crippen molar-refractivity contribution in [2.45, 2.75) is 13.1 Å². The average Bonchev–Trinajstić information content (AvgIpc) is 3.25. The molecule has 180 valence electrons. The molecule has 0 N–H and O–H groups in total. The van der Waals surface area contributed by atoms with Gasteiger partial charge in [0.25, 0.3) is 5.91 Å². The number of rotatable bonds is 7. The highest BCUT2D eigenvalue weighted by molar-refractivity contribution is 5.97. The molecule has 0 unspecified atom stereocenters. The summed E-state index contributed by atoms with van der Waals surface area (Å²) in [5, 5.41) is 0. The molecule has 7 nitrogen and oxygen atoms in total. The number of hydrogen-bond donors (Lipinski definition) is 0.